The van der Waals surface area contributed by atoms with Crippen LogP contribution in [0.3, 0.4) is 0 Å². The Morgan fingerprint density at radius 3 is 2.41 bits per heavy atom. The Bertz CT molecular complexity index is 538. The molecule has 8 heteroatoms. The number of halogens is 3. The van der Waals surface area contributed by atoms with Crippen molar-refractivity contribution in [2.24, 2.45) is 0 Å². The van der Waals surface area contributed by atoms with Crippen molar-refractivity contribution in [3.8, 4) is 5.75 Å². The highest BCUT2D eigenvalue weighted by Gasteiger charge is 2.31. The molecule has 1 aromatic carbocycles. The van der Waals surface area contributed by atoms with E-state index in [-0.39, 0.29) is 5.56 Å². The lowest BCUT2D eigenvalue weighted by Gasteiger charge is -2.21. The van der Waals surface area contributed by atoms with Gasteiger partial charge in [-0.2, -0.15) is 0 Å². The summed E-state index contributed by atoms with van der Waals surface area (Å²) in [7, 11) is 0. The van der Waals surface area contributed by atoms with Gasteiger partial charge in [-0.1, -0.05) is 12.1 Å². The molecule has 0 aliphatic carbocycles. The second-order valence-corrected chi connectivity index (χ2v) is 5.38. The molecule has 1 amide bonds. The van der Waals surface area contributed by atoms with Crippen LogP contribution in [0, 0.1) is 0 Å². The summed E-state index contributed by atoms with van der Waals surface area (Å²) < 4.78 is 45.3. The molecule has 1 rings (SSSR count). The zero-order chi connectivity index (χ0) is 17.0. The maximum absolute atomic E-state index is 12.2. The quantitative estimate of drug-likeness (QED) is 0.864. The van der Waals surface area contributed by atoms with Gasteiger partial charge in [-0.15, -0.1) is 13.2 Å². The maximum atomic E-state index is 12.2. The van der Waals surface area contributed by atoms with E-state index in [1.54, 1.807) is 20.8 Å². The van der Waals surface area contributed by atoms with Crippen molar-refractivity contribution in [1.29, 1.82) is 0 Å². The minimum atomic E-state index is -4.84. The number of carbonyl (C=O) groups is 2. The average Bonchev–Trinajstić information content (AvgIpc) is 2.32. The average molecular weight is 319 g/mol. The van der Waals surface area contributed by atoms with Gasteiger partial charge in [0.05, 0.1) is 0 Å². The van der Waals surface area contributed by atoms with E-state index in [0.717, 1.165) is 12.1 Å². The first kappa shape index (κ1) is 17.8. The normalized spacial score (nSPS) is 13.2. The zero-order valence-electron chi connectivity index (χ0n) is 12.2. The number of amides is 1. The molecule has 0 saturated heterocycles. The van der Waals surface area contributed by atoms with Crippen LogP contribution in [0.5, 0.6) is 5.75 Å². The summed E-state index contributed by atoms with van der Waals surface area (Å²) in [5, 5.41) is 2.26. The third-order valence-electron chi connectivity index (χ3n) is 2.26. The molecule has 5 nitrogen and oxygen atoms in total. The number of alkyl carbamates (subject to hydrolysis) is 1. The minimum Gasteiger partial charge on any atom is -0.444 e. The molecule has 0 radical (unpaired) electrons. The van der Waals surface area contributed by atoms with Crippen LogP contribution in [0.1, 0.15) is 32.4 Å². The molecule has 0 aromatic heterocycles. The SMILES string of the molecule is CC(C)(C)OC(=O)NC(C=O)c1cccc(OC(F)(F)F)c1. The van der Waals surface area contributed by atoms with E-state index in [1.165, 1.54) is 12.1 Å². The van der Waals surface area contributed by atoms with Crippen LogP contribution < -0.4 is 10.1 Å². The van der Waals surface area contributed by atoms with Crippen molar-refractivity contribution < 1.29 is 32.2 Å². The van der Waals surface area contributed by atoms with Gasteiger partial charge in [0.25, 0.3) is 0 Å². The van der Waals surface area contributed by atoms with Gasteiger partial charge in [0, 0.05) is 0 Å². The van der Waals surface area contributed by atoms with Crippen molar-refractivity contribution in [1.82, 2.24) is 5.32 Å². The Morgan fingerprint density at radius 1 is 1.27 bits per heavy atom. The Labute approximate surface area is 125 Å². The minimum absolute atomic E-state index is 0.141. The van der Waals surface area contributed by atoms with E-state index in [1.807, 2.05) is 0 Å². The summed E-state index contributed by atoms with van der Waals surface area (Å²) in [6, 6.07) is 3.63. The highest BCUT2D eigenvalue weighted by atomic mass is 19.4. The smallest absolute Gasteiger partial charge is 0.444 e. The van der Waals surface area contributed by atoms with Crippen molar-refractivity contribution in [3.05, 3.63) is 29.8 Å². The monoisotopic (exact) mass is 319 g/mol. The molecule has 1 atom stereocenters. The fourth-order valence-corrected chi connectivity index (χ4v) is 1.54. The molecule has 0 aliphatic heterocycles. The third kappa shape index (κ3) is 6.47. The van der Waals surface area contributed by atoms with Crippen LogP contribution in [-0.4, -0.2) is 24.3 Å². The molecule has 0 aliphatic rings. The van der Waals surface area contributed by atoms with E-state index >= 15 is 0 Å². The van der Waals surface area contributed by atoms with Gasteiger partial charge in [-0.25, -0.2) is 4.79 Å². The number of ether oxygens (including phenoxy) is 2. The summed E-state index contributed by atoms with van der Waals surface area (Å²) in [6.45, 7) is 4.92. The van der Waals surface area contributed by atoms with Gasteiger partial charge in [0.2, 0.25) is 0 Å². The summed E-state index contributed by atoms with van der Waals surface area (Å²) in [6.07, 6.45) is -5.31. The third-order valence-corrected chi connectivity index (χ3v) is 2.26. The maximum Gasteiger partial charge on any atom is 0.573 e. The second kappa shape index (κ2) is 6.67. The highest BCUT2D eigenvalue weighted by molar-refractivity contribution is 5.74. The van der Waals surface area contributed by atoms with E-state index in [9.17, 15) is 22.8 Å². The number of alkyl halides is 3. The van der Waals surface area contributed by atoms with Crippen LogP contribution in [-0.2, 0) is 9.53 Å². The summed E-state index contributed by atoms with van der Waals surface area (Å²) in [4.78, 5) is 22.7. The number of rotatable bonds is 4. The van der Waals surface area contributed by atoms with Crippen molar-refractivity contribution in [2.45, 2.75) is 38.8 Å². The fourth-order valence-electron chi connectivity index (χ4n) is 1.54. The molecule has 1 aromatic rings. The summed E-state index contributed by atoms with van der Waals surface area (Å²) in [5.41, 5.74) is -0.624. The van der Waals surface area contributed by atoms with Gasteiger partial charge in [0.15, 0.2) is 0 Å². The van der Waals surface area contributed by atoms with Gasteiger partial charge in [-0.05, 0) is 38.5 Å². The molecule has 0 saturated carbocycles. The van der Waals surface area contributed by atoms with E-state index in [0.29, 0.717) is 6.29 Å². The van der Waals surface area contributed by atoms with Crippen LogP contribution in [0.15, 0.2) is 24.3 Å². The topological polar surface area (TPSA) is 64.6 Å². The van der Waals surface area contributed by atoms with Crippen LogP contribution >= 0.6 is 0 Å². The number of aldehydes is 1. The molecule has 0 heterocycles. The first-order chi connectivity index (χ1) is 10.00. The number of hydrogen-bond donors (Lipinski definition) is 1. The molecule has 1 unspecified atom stereocenters. The van der Waals surface area contributed by atoms with Gasteiger partial charge in [-0.3, -0.25) is 0 Å². The largest absolute Gasteiger partial charge is 0.573 e. The Morgan fingerprint density at radius 2 is 1.91 bits per heavy atom. The second-order valence-electron chi connectivity index (χ2n) is 5.38. The Kier molecular flexibility index (Phi) is 5.40. The number of benzene rings is 1. The lowest BCUT2D eigenvalue weighted by atomic mass is 10.1. The molecule has 0 spiro atoms. The van der Waals surface area contributed by atoms with E-state index in [4.69, 9.17) is 4.74 Å². The molecule has 22 heavy (non-hydrogen) atoms. The molecule has 0 fully saturated rings. The van der Waals surface area contributed by atoms with Gasteiger partial charge >= 0.3 is 12.5 Å². The molecule has 122 valence electrons. The van der Waals surface area contributed by atoms with Crippen molar-refractivity contribution in [2.75, 3.05) is 0 Å². The summed E-state index contributed by atoms with van der Waals surface area (Å²) >= 11 is 0. The predicted octanol–water partition coefficient (Wildman–Crippen LogP) is 3.35. The lowest BCUT2D eigenvalue weighted by molar-refractivity contribution is -0.274. The number of hydrogen-bond acceptors (Lipinski definition) is 4. The van der Waals surface area contributed by atoms with Crippen LogP contribution in [0.2, 0.25) is 0 Å². The molecular formula is C14H16F3NO4. The first-order valence-corrected chi connectivity index (χ1v) is 6.31. The Hall–Kier alpha value is -2.25. The number of carbonyl (C=O) groups excluding carboxylic acids is 2. The number of nitrogens with one attached hydrogen (secondary N) is 1. The summed E-state index contributed by atoms with van der Waals surface area (Å²) in [5.74, 6) is -0.483. The lowest BCUT2D eigenvalue weighted by Crippen LogP contribution is -2.35. The van der Waals surface area contributed by atoms with Crippen molar-refractivity contribution in [3.63, 3.8) is 0 Å². The predicted molar refractivity (Wildman–Crippen MR) is 71.3 cm³/mol. The fraction of sp³-hybridized carbons (Fsp3) is 0.429. The van der Waals surface area contributed by atoms with Crippen molar-refractivity contribution >= 4 is 12.4 Å². The van der Waals surface area contributed by atoms with E-state index in [2.05, 4.69) is 10.1 Å². The Balaban J connectivity index is 2.85. The van der Waals surface area contributed by atoms with Crippen LogP contribution in [0.4, 0.5) is 18.0 Å². The standard InChI is InChI=1S/C14H16F3NO4/c1-13(2,3)22-12(20)18-11(8-19)9-5-4-6-10(7-9)21-14(15,16)17/h4-8,11H,1-3H3,(H,18,20). The van der Waals surface area contributed by atoms with Crippen LogP contribution in [0.25, 0.3) is 0 Å². The molecular weight excluding hydrogens is 303 g/mol. The van der Waals surface area contributed by atoms with Gasteiger partial charge in [0.1, 0.15) is 23.7 Å². The highest BCUT2D eigenvalue weighted by Crippen LogP contribution is 2.25. The molecule has 1 N–H and O–H groups in total. The zero-order valence-corrected chi connectivity index (χ0v) is 12.2. The molecule has 0 bridgehead atoms. The first-order valence-electron chi connectivity index (χ1n) is 6.31. The van der Waals surface area contributed by atoms with E-state index < -0.39 is 29.8 Å². The van der Waals surface area contributed by atoms with Gasteiger partial charge < -0.3 is 19.6 Å².